The van der Waals surface area contributed by atoms with Crippen molar-refractivity contribution in [1.82, 2.24) is 4.90 Å². The van der Waals surface area contributed by atoms with Gasteiger partial charge in [-0.3, -0.25) is 4.79 Å². The van der Waals surface area contributed by atoms with Crippen LogP contribution in [0.5, 0.6) is 5.75 Å². The molecule has 0 saturated carbocycles. The van der Waals surface area contributed by atoms with E-state index in [2.05, 4.69) is 54.3 Å². The Hall–Kier alpha value is -2.30. The van der Waals surface area contributed by atoms with Crippen molar-refractivity contribution in [2.24, 2.45) is 0 Å². The number of carbonyl (C=O) groups is 1. The standard InChI is InChI=1S/C29H36ClNO3/c1-5-21-8-11-25(30)23(18-21)9-6-22-7-10-24-26(19-22)33-20-29(24)13-16-31(17-14-29)15-12-27(32)34-28(2,3)4/h6-11,18-19H,5,12-17,20H2,1-4H3. The first-order valence-electron chi connectivity index (χ1n) is 12.4. The minimum absolute atomic E-state index is 0.0821. The van der Waals surface area contributed by atoms with Crippen molar-refractivity contribution in [1.29, 1.82) is 0 Å². The Balaban J connectivity index is 1.37. The molecule has 2 aliphatic heterocycles. The maximum atomic E-state index is 12.1. The Labute approximate surface area is 208 Å². The van der Waals surface area contributed by atoms with E-state index in [9.17, 15) is 4.79 Å². The predicted molar refractivity (Wildman–Crippen MR) is 140 cm³/mol. The van der Waals surface area contributed by atoms with E-state index >= 15 is 0 Å². The number of likely N-dealkylation sites (tertiary alicyclic amines) is 1. The number of rotatable bonds is 6. The number of ether oxygens (including phenoxy) is 2. The first-order chi connectivity index (χ1) is 16.2. The zero-order valence-electron chi connectivity index (χ0n) is 20.8. The van der Waals surface area contributed by atoms with E-state index in [1.807, 2.05) is 26.8 Å². The molecule has 2 aromatic rings. The zero-order chi connectivity index (χ0) is 24.3. The van der Waals surface area contributed by atoms with Crippen LogP contribution in [0.1, 0.15) is 69.2 Å². The highest BCUT2D eigenvalue weighted by Gasteiger charge is 2.43. The lowest BCUT2D eigenvalue weighted by Crippen LogP contribution is -2.44. The number of halogens is 1. The van der Waals surface area contributed by atoms with Crippen LogP contribution in [0.3, 0.4) is 0 Å². The van der Waals surface area contributed by atoms with Gasteiger partial charge in [-0.25, -0.2) is 0 Å². The van der Waals surface area contributed by atoms with Gasteiger partial charge < -0.3 is 14.4 Å². The molecule has 2 aromatic carbocycles. The summed E-state index contributed by atoms with van der Waals surface area (Å²) in [7, 11) is 0. The van der Waals surface area contributed by atoms with Crippen molar-refractivity contribution in [2.75, 3.05) is 26.2 Å². The number of piperidine rings is 1. The highest BCUT2D eigenvalue weighted by atomic mass is 35.5. The van der Waals surface area contributed by atoms with Crippen LogP contribution in [0.2, 0.25) is 5.02 Å². The van der Waals surface area contributed by atoms with E-state index in [1.165, 1.54) is 11.1 Å². The molecule has 0 N–H and O–H groups in total. The molecule has 0 aromatic heterocycles. The Morgan fingerprint density at radius 3 is 2.62 bits per heavy atom. The Bertz CT molecular complexity index is 1060. The molecule has 2 aliphatic rings. The first-order valence-corrected chi connectivity index (χ1v) is 12.7. The van der Waals surface area contributed by atoms with E-state index < -0.39 is 5.60 Å². The molecule has 0 amide bonds. The summed E-state index contributed by atoms with van der Waals surface area (Å²) < 4.78 is 11.6. The number of fused-ring (bicyclic) bond motifs is 2. The molecule has 4 nitrogen and oxygen atoms in total. The molecule has 34 heavy (non-hydrogen) atoms. The number of benzene rings is 2. The smallest absolute Gasteiger partial charge is 0.307 e. The highest BCUT2D eigenvalue weighted by Crippen LogP contribution is 2.46. The minimum Gasteiger partial charge on any atom is -0.492 e. The number of esters is 1. The molecule has 2 heterocycles. The van der Waals surface area contributed by atoms with E-state index in [1.54, 1.807) is 0 Å². The van der Waals surface area contributed by atoms with Gasteiger partial charge in [0.15, 0.2) is 0 Å². The lowest BCUT2D eigenvalue weighted by Gasteiger charge is -2.38. The molecule has 0 aliphatic carbocycles. The lowest BCUT2D eigenvalue weighted by molar-refractivity contribution is -0.155. The summed E-state index contributed by atoms with van der Waals surface area (Å²) >= 11 is 6.38. The van der Waals surface area contributed by atoms with E-state index in [4.69, 9.17) is 21.1 Å². The van der Waals surface area contributed by atoms with Crippen LogP contribution in [0, 0.1) is 0 Å². The van der Waals surface area contributed by atoms with Crippen LogP contribution in [0.4, 0.5) is 0 Å². The third-order valence-corrected chi connectivity index (χ3v) is 7.21. The number of aryl methyl sites for hydroxylation is 1. The molecule has 0 unspecified atom stereocenters. The molecule has 182 valence electrons. The quantitative estimate of drug-likeness (QED) is 0.347. The third-order valence-electron chi connectivity index (χ3n) is 6.87. The molecule has 0 radical (unpaired) electrons. The summed E-state index contributed by atoms with van der Waals surface area (Å²) in [6, 6.07) is 12.8. The number of hydrogen-bond donors (Lipinski definition) is 0. The molecule has 5 heteroatoms. The van der Waals surface area contributed by atoms with Crippen LogP contribution in [0.25, 0.3) is 12.2 Å². The zero-order valence-corrected chi connectivity index (χ0v) is 21.6. The van der Waals surface area contributed by atoms with Crippen molar-refractivity contribution in [3.05, 3.63) is 63.7 Å². The second-order valence-electron chi connectivity index (χ2n) is 10.5. The summed E-state index contributed by atoms with van der Waals surface area (Å²) in [6.45, 7) is 11.3. The van der Waals surface area contributed by atoms with Gasteiger partial charge in [0.05, 0.1) is 13.0 Å². The largest absolute Gasteiger partial charge is 0.492 e. The average Bonchev–Trinajstić information content (AvgIpc) is 3.14. The Morgan fingerprint density at radius 1 is 1.15 bits per heavy atom. The van der Waals surface area contributed by atoms with Gasteiger partial charge >= 0.3 is 5.97 Å². The maximum absolute atomic E-state index is 12.1. The van der Waals surface area contributed by atoms with Crippen LogP contribution in [0.15, 0.2) is 36.4 Å². The normalized spacial score (nSPS) is 17.7. The minimum atomic E-state index is -0.423. The molecule has 1 fully saturated rings. The maximum Gasteiger partial charge on any atom is 0.307 e. The van der Waals surface area contributed by atoms with Gasteiger partial charge in [-0.05, 0) is 81.9 Å². The molecule has 1 spiro atoms. The summed E-state index contributed by atoms with van der Waals surface area (Å²) in [5.74, 6) is 0.878. The van der Waals surface area contributed by atoms with Crippen molar-refractivity contribution in [2.45, 2.75) is 64.4 Å². The van der Waals surface area contributed by atoms with Gasteiger partial charge in [0, 0.05) is 22.5 Å². The second-order valence-corrected chi connectivity index (χ2v) is 11.0. The van der Waals surface area contributed by atoms with Crippen molar-refractivity contribution in [3.8, 4) is 5.75 Å². The van der Waals surface area contributed by atoms with E-state index in [0.29, 0.717) is 6.42 Å². The van der Waals surface area contributed by atoms with Gasteiger partial charge in [0.2, 0.25) is 0 Å². The Kier molecular flexibility index (Phi) is 7.39. The van der Waals surface area contributed by atoms with Gasteiger partial charge in [-0.15, -0.1) is 0 Å². The number of hydrogen-bond acceptors (Lipinski definition) is 4. The second kappa shape index (κ2) is 10.1. The molecule has 0 bridgehead atoms. The number of carbonyl (C=O) groups excluding carboxylic acids is 1. The molecule has 4 rings (SSSR count). The number of nitrogens with zero attached hydrogens (tertiary/aromatic N) is 1. The van der Waals surface area contributed by atoms with Crippen LogP contribution < -0.4 is 4.74 Å². The monoisotopic (exact) mass is 481 g/mol. The van der Waals surface area contributed by atoms with Crippen molar-refractivity contribution < 1.29 is 14.3 Å². The van der Waals surface area contributed by atoms with Crippen molar-refractivity contribution >= 4 is 29.7 Å². The lowest BCUT2D eigenvalue weighted by atomic mass is 9.74. The topological polar surface area (TPSA) is 38.8 Å². The van der Waals surface area contributed by atoms with E-state index in [-0.39, 0.29) is 11.4 Å². The average molecular weight is 482 g/mol. The summed E-state index contributed by atoms with van der Waals surface area (Å²) in [5.41, 5.74) is 4.41. The van der Waals surface area contributed by atoms with Crippen LogP contribution in [-0.2, 0) is 21.4 Å². The molecular formula is C29H36ClNO3. The van der Waals surface area contributed by atoms with Crippen molar-refractivity contribution in [3.63, 3.8) is 0 Å². The van der Waals surface area contributed by atoms with Gasteiger partial charge in [-0.1, -0.05) is 54.9 Å². The summed E-state index contributed by atoms with van der Waals surface area (Å²) in [5, 5.41) is 0.767. The van der Waals surface area contributed by atoms with E-state index in [0.717, 1.165) is 67.4 Å². The fourth-order valence-corrected chi connectivity index (χ4v) is 5.06. The first kappa shape index (κ1) is 24.8. The van der Waals surface area contributed by atoms with Gasteiger partial charge in [0.1, 0.15) is 11.4 Å². The summed E-state index contributed by atoms with van der Waals surface area (Å²) in [6.07, 6.45) is 7.71. The van der Waals surface area contributed by atoms with Gasteiger partial charge in [0.25, 0.3) is 0 Å². The molecule has 1 saturated heterocycles. The predicted octanol–water partition coefficient (Wildman–Crippen LogP) is 6.53. The molecular weight excluding hydrogens is 446 g/mol. The fourth-order valence-electron chi connectivity index (χ4n) is 4.88. The SMILES string of the molecule is CCc1ccc(Cl)c(C=Cc2ccc3c(c2)OCC32CCN(CCC(=O)OC(C)(C)C)CC2)c1. The fraction of sp³-hybridized carbons (Fsp3) is 0.483. The summed E-state index contributed by atoms with van der Waals surface area (Å²) in [4.78, 5) is 14.4. The van der Waals surface area contributed by atoms with Gasteiger partial charge in [-0.2, -0.15) is 0 Å². The third kappa shape index (κ3) is 5.84. The van der Waals surface area contributed by atoms with Crippen LogP contribution in [-0.4, -0.2) is 42.7 Å². The Morgan fingerprint density at radius 2 is 1.91 bits per heavy atom. The highest BCUT2D eigenvalue weighted by molar-refractivity contribution is 6.32. The molecule has 0 atom stereocenters. The van der Waals surface area contributed by atoms with Crippen LogP contribution >= 0.6 is 11.6 Å².